The zero-order chi connectivity index (χ0) is 13.6. The molecule has 1 aliphatic rings. The fourth-order valence-electron chi connectivity index (χ4n) is 1.92. The first kappa shape index (κ1) is 13.5. The lowest BCUT2D eigenvalue weighted by atomic mass is 9.75. The molecular formula is C13H23N3O2. The van der Waals surface area contributed by atoms with Crippen LogP contribution in [0.2, 0.25) is 0 Å². The summed E-state index contributed by atoms with van der Waals surface area (Å²) in [6.45, 7) is 10.7. The molecule has 1 atom stereocenters. The number of hydrogen-bond donors (Lipinski definition) is 1. The number of rotatable bonds is 3. The maximum Gasteiger partial charge on any atom is 0.234 e. The monoisotopic (exact) mass is 253 g/mol. The Labute approximate surface area is 108 Å². The summed E-state index contributed by atoms with van der Waals surface area (Å²) >= 11 is 0. The third-order valence-corrected chi connectivity index (χ3v) is 4.26. The molecule has 0 aliphatic carbocycles. The van der Waals surface area contributed by atoms with Gasteiger partial charge in [0.2, 0.25) is 11.7 Å². The Balaban J connectivity index is 2.31. The first-order valence-corrected chi connectivity index (χ1v) is 6.44. The molecule has 1 aromatic heterocycles. The quantitative estimate of drug-likeness (QED) is 0.893. The zero-order valence-electron chi connectivity index (χ0n) is 11.9. The van der Waals surface area contributed by atoms with Crippen molar-refractivity contribution in [2.45, 2.75) is 64.0 Å². The molecule has 1 aliphatic heterocycles. The van der Waals surface area contributed by atoms with E-state index >= 15 is 0 Å². The van der Waals surface area contributed by atoms with Crippen LogP contribution in [0.4, 0.5) is 0 Å². The number of ether oxygens (including phenoxy) is 1. The summed E-state index contributed by atoms with van der Waals surface area (Å²) in [5.41, 5.74) is 4.96. The standard InChI is InChI=1S/C13H23N3O2/c1-11(2,12(3,4)14)10-15-9(16-18-10)13(5)7-6-8-17-13/h6-8,14H2,1-5H3. The van der Waals surface area contributed by atoms with E-state index in [0.29, 0.717) is 11.7 Å². The Hall–Kier alpha value is -0.940. The van der Waals surface area contributed by atoms with Crippen molar-refractivity contribution in [3.8, 4) is 0 Å². The molecule has 102 valence electrons. The van der Waals surface area contributed by atoms with Crippen LogP contribution in [0, 0.1) is 0 Å². The Morgan fingerprint density at radius 2 is 1.94 bits per heavy atom. The van der Waals surface area contributed by atoms with E-state index in [4.69, 9.17) is 15.0 Å². The van der Waals surface area contributed by atoms with Crippen LogP contribution in [0.3, 0.4) is 0 Å². The van der Waals surface area contributed by atoms with Crippen molar-refractivity contribution >= 4 is 0 Å². The Morgan fingerprint density at radius 3 is 2.44 bits per heavy atom. The van der Waals surface area contributed by atoms with Gasteiger partial charge in [-0.2, -0.15) is 4.98 Å². The summed E-state index contributed by atoms with van der Waals surface area (Å²) in [5, 5.41) is 4.08. The Morgan fingerprint density at radius 1 is 1.28 bits per heavy atom. The Bertz CT molecular complexity index is 426. The second-order valence-corrected chi connectivity index (χ2v) is 6.45. The minimum Gasteiger partial charge on any atom is -0.367 e. The van der Waals surface area contributed by atoms with E-state index < -0.39 is 11.1 Å². The smallest absolute Gasteiger partial charge is 0.234 e. The lowest BCUT2D eigenvalue weighted by molar-refractivity contribution is 0.00768. The van der Waals surface area contributed by atoms with Gasteiger partial charge < -0.3 is 15.0 Å². The molecule has 1 aromatic rings. The summed E-state index contributed by atoms with van der Waals surface area (Å²) < 4.78 is 11.1. The predicted molar refractivity (Wildman–Crippen MR) is 68.1 cm³/mol. The lowest BCUT2D eigenvalue weighted by Gasteiger charge is -2.34. The van der Waals surface area contributed by atoms with Crippen molar-refractivity contribution in [3.05, 3.63) is 11.7 Å². The average molecular weight is 253 g/mol. The van der Waals surface area contributed by atoms with Crippen molar-refractivity contribution in [3.63, 3.8) is 0 Å². The van der Waals surface area contributed by atoms with Crippen LogP contribution in [0.5, 0.6) is 0 Å². The molecule has 1 unspecified atom stereocenters. The molecule has 5 nitrogen and oxygen atoms in total. The van der Waals surface area contributed by atoms with Gasteiger partial charge in [0.05, 0.1) is 5.41 Å². The van der Waals surface area contributed by atoms with E-state index in [1.165, 1.54) is 0 Å². The molecule has 0 bridgehead atoms. The minimum absolute atomic E-state index is 0.382. The minimum atomic E-state index is -0.436. The van der Waals surface area contributed by atoms with Gasteiger partial charge in [-0.25, -0.2) is 0 Å². The van der Waals surface area contributed by atoms with E-state index in [0.717, 1.165) is 19.4 Å². The number of nitrogens with two attached hydrogens (primary N) is 1. The molecule has 1 saturated heterocycles. The summed E-state index contributed by atoms with van der Waals surface area (Å²) in [4.78, 5) is 4.52. The second kappa shape index (κ2) is 4.03. The first-order chi connectivity index (χ1) is 8.17. The van der Waals surface area contributed by atoms with Crippen molar-refractivity contribution in [1.29, 1.82) is 0 Å². The van der Waals surface area contributed by atoms with E-state index in [9.17, 15) is 0 Å². The predicted octanol–water partition coefficient (Wildman–Crippen LogP) is 2.11. The molecule has 0 aromatic carbocycles. The SMILES string of the molecule is CC1(c2noc(C(C)(C)C(C)(C)N)n2)CCCO1. The zero-order valence-corrected chi connectivity index (χ0v) is 11.9. The van der Waals surface area contributed by atoms with Crippen molar-refractivity contribution in [2.24, 2.45) is 5.73 Å². The van der Waals surface area contributed by atoms with Gasteiger partial charge in [-0.1, -0.05) is 5.16 Å². The highest BCUT2D eigenvalue weighted by atomic mass is 16.5. The molecule has 2 heterocycles. The van der Waals surface area contributed by atoms with Crippen LogP contribution in [0.15, 0.2) is 4.52 Å². The Kier molecular flexibility index (Phi) is 3.02. The van der Waals surface area contributed by atoms with Crippen LogP contribution in [0.25, 0.3) is 0 Å². The van der Waals surface area contributed by atoms with Gasteiger partial charge in [-0.3, -0.25) is 0 Å². The number of nitrogens with zero attached hydrogens (tertiary/aromatic N) is 2. The summed E-state index contributed by atoms with van der Waals surface area (Å²) in [6, 6.07) is 0. The van der Waals surface area contributed by atoms with Gasteiger partial charge in [-0.15, -0.1) is 0 Å². The first-order valence-electron chi connectivity index (χ1n) is 6.44. The number of aromatic nitrogens is 2. The normalized spacial score (nSPS) is 25.7. The van der Waals surface area contributed by atoms with Crippen LogP contribution in [-0.2, 0) is 15.8 Å². The molecule has 0 amide bonds. The molecule has 0 radical (unpaired) electrons. The highest BCUT2D eigenvalue weighted by Crippen LogP contribution is 2.37. The van der Waals surface area contributed by atoms with Crippen molar-refractivity contribution in [2.75, 3.05) is 6.61 Å². The maximum atomic E-state index is 6.18. The average Bonchev–Trinajstić information content (AvgIpc) is 2.84. The van der Waals surface area contributed by atoms with Gasteiger partial charge in [0.15, 0.2) is 0 Å². The summed E-state index contributed by atoms with van der Waals surface area (Å²) in [6.07, 6.45) is 1.96. The van der Waals surface area contributed by atoms with Gasteiger partial charge in [0.1, 0.15) is 5.60 Å². The molecule has 2 N–H and O–H groups in total. The van der Waals surface area contributed by atoms with Gasteiger partial charge in [0, 0.05) is 12.1 Å². The van der Waals surface area contributed by atoms with E-state index in [2.05, 4.69) is 10.1 Å². The van der Waals surface area contributed by atoms with Gasteiger partial charge in [0.25, 0.3) is 0 Å². The lowest BCUT2D eigenvalue weighted by Crippen LogP contribution is -2.50. The molecule has 18 heavy (non-hydrogen) atoms. The van der Waals surface area contributed by atoms with E-state index in [1.807, 2.05) is 34.6 Å². The fraction of sp³-hybridized carbons (Fsp3) is 0.846. The highest BCUT2D eigenvalue weighted by molar-refractivity contribution is 5.13. The van der Waals surface area contributed by atoms with E-state index in [1.54, 1.807) is 0 Å². The molecule has 0 spiro atoms. The highest BCUT2D eigenvalue weighted by Gasteiger charge is 2.43. The second-order valence-electron chi connectivity index (χ2n) is 6.45. The third kappa shape index (κ3) is 2.06. The summed E-state index contributed by atoms with van der Waals surface area (Å²) in [7, 11) is 0. The van der Waals surface area contributed by atoms with Gasteiger partial charge >= 0.3 is 0 Å². The number of hydrogen-bond acceptors (Lipinski definition) is 5. The van der Waals surface area contributed by atoms with Gasteiger partial charge in [-0.05, 0) is 47.5 Å². The van der Waals surface area contributed by atoms with Crippen molar-refractivity contribution in [1.82, 2.24) is 10.1 Å². The largest absolute Gasteiger partial charge is 0.367 e. The fourth-order valence-corrected chi connectivity index (χ4v) is 1.92. The third-order valence-electron chi connectivity index (χ3n) is 4.26. The van der Waals surface area contributed by atoms with E-state index in [-0.39, 0.29) is 5.41 Å². The van der Waals surface area contributed by atoms with Crippen LogP contribution in [-0.4, -0.2) is 22.3 Å². The van der Waals surface area contributed by atoms with Crippen LogP contribution >= 0.6 is 0 Å². The molecule has 5 heteroatoms. The summed E-state index contributed by atoms with van der Waals surface area (Å²) in [5.74, 6) is 1.20. The molecule has 0 saturated carbocycles. The van der Waals surface area contributed by atoms with Crippen LogP contribution < -0.4 is 5.73 Å². The molecular weight excluding hydrogens is 230 g/mol. The van der Waals surface area contributed by atoms with Crippen molar-refractivity contribution < 1.29 is 9.26 Å². The molecule has 2 rings (SSSR count). The topological polar surface area (TPSA) is 74.2 Å². The molecule has 1 fully saturated rings. The van der Waals surface area contributed by atoms with Crippen LogP contribution in [0.1, 0.15) is 59.2 Å². The maximum absolute atomic E-state index is 6.18.